The van der Waals surface area contributed by atoms with Crippen LogP contribution in [0.1, 0.15) is 17.2 Å². The molecular weight excluding hydrogens is 288 g/mol. The summed E-state index contributed by atoms with van der Waals surface area (Å²) in [5.41, 5.74) is 2.11. The molecule has 4 heteroatoms. The first-order chi connectivity index (χ1) is 11.1. The Kier molecular flexibility index (Phi) is 6.18. The van der Waals surface area contributed by atoms with Gasteiger partial charge in [0.2, 0.25) is 0 Å². The summed E-state index contributed by atoms with van der Waals surface area (Å²) in [6, 6.07) is 17.6. The van der Waals surface area contributed by atoms with E-state index in [9.17, 15) is 4.79 Å². The molecule has 0 spiro atoms. The van der Waals surface area contributed by atoms with Gasteiger partial charge in [-0.05, 0) is 38.2 Å². The van der Waals surface area contributed by atoms with Crippen LogP contribution in [0.15, 0.2) is 54.6 Å². The smallest absolute Gasteiger partial charge is 0.258 e. The van der Waals surface area contributed by atoms with Crippen molar-refractivity contribution in [2.75, 3.05) is 27.2 Å². The normalized spacial score (nSPS) is 12.0. The monoisotopic (exact) mass is 312 g/mol. The fourth-order valence-corrected chi connectivity index (χ4v) is 2.38. The Morgan fingerprint density at radius 3 is 2.39 bits per heavy atom. The molecule has 0 aliphatic heterocycles. The summed E-state index contributed by atoms with van der Waals surface area (Å²) in [4.78, 5) is 14.3. The van der Waals surface area contributed by atoms with Gasteiger partial charge in [0.25, 0.3) is 5.91 Å². The van der Waals surface area contributed by atoms with Gasteiger partial charge in [0.05, 0.1) is 6.04 Å². The summed E-state index contributed by atoms with van der Waals surface area (Å²) in [5.74, 6) is 0.621. The van der Waals surface area contributed by atoms with Gasteiger partial charge in [-0.2, -0.15) is 0 Å². The fraction of sp³-hybridized carbons (Fsp3) is 0.316. The number of amides is 1. The Morgan fingerprint density at radius 2 is 1.74 bits per heavy atom. The molecule has 0 radical (unpaired) electrons. The Labute approximate surface area is 138 Å². The van der Waals surface area contributed by atoms with E-state index in [4.69, 9.17) is 4.74 Å². The number of rotatable bonds is 7. The molecule has 0 unspecified atom stereocenters. The molecule has 23 heavy (non-hydrogen) atoms. The first-order valence-electron chi connectivity index (χ1n) is 7.73. The van der Waals surface area contributed by atoms with Crippen LogP contribution in [0.25, 0.3) is 0 Å². The molecule has 0 aromatic heterocycles. The molecule has 1 amide bonds. The van der Waals surface area contributed by atoms with Crippen LogP contribution in [0.2, 0.25) is 0 Å². The van der Waals surface area contributed by atoms with Crippen molar-refractivity contribution in [1.82, 2.24) is 10.2 Å². The number of hydrogen-bond acceptors (Lipinski definition) is 3. The topological polar surface area (TPSA) is 41.6 Å². The highest BCUT2D eigenvalue weighted by atomic mass is 16.5. The third-order valence-electron chi connectivity index (χ3n) is 3.54. The van der Waals surface area contributed by atoms with E-state index in [2.05, 4.69) is 10.2 Å². The largest absolute Gasteiger partial charge is 0.484 e. The van der Waals surface area contributed by atoms with Crippen molar-refractivity contribution >= 4 is 5.91 Å². The molecule has 0 aliphatic rings. The predicted molar refractivity (Wildman–Crippen MR) is 92.6 cm³/mol. The lowest BCUT2D eigenvalue weighted by molar-refractivity contribution is -0.124. The zero-order valence-corrected chi connectivity index (χ0v) is 14.0. The maximum absolute atomic E-state index is 12.2. The minimum Gasteiger partial charge on any atom is -0.484 e. The molecule has 0 saturated heterocycles. The number of likely N-dealkylation sites (N-methyl/N-ethyl adjacent to an activating group) is 1. The quantitative estimate of drug-likeness (QED) is 0.855. The zero-order valence-electron chi connectivity index (χ0n) is 14.0. The van der Waals surface area contributed by atoms with Crippen LogP contribution in [0.3, 0.4) is 0 Å². The van der Waals surface area contributed by atoms with Crippen LogP contribution in [-0.4, -0.2) is 38.1 Å². The maximum atomic E-state index is 12.2. The lowest BCUT2D eigenvalue weighted by atomic mass is 10.1. The molecular formula is C19H24N2O2. The van der Waals surface area contributed by atoms with Gasteiger partial charge in [0.1, 0.15) is 5.75 Å². The van der Waals surface area contributed by atoms with Gasteiger partial charge in [-0.3, -0.25) is 4.79 Å². The molecule has 0 bridgehead atoms. The Balaban J connectivity index is 1.96. The zero-order chi connectivity index (χ0) is 16.7. The summed E-state index contributed by atoms with van der Waals surface area (Å²) < 4.78 is 5.61. The van der Waals surface area contributed by atoms with Gasteiger partial charge in [0.15, 0.2) is 6.61 Å². The minimum absolute atomic E-state index is 0.0155. The average Bonchev–Trinajstić information content (AvgIpc) is 2.54. The number of carbonyl (C=O) groups excluding carboxylic acids is 1. The molecule has 1 N–H and O–H groups in total. The number of carbonyl (C=O) groups is 1. The van der Waals surface area contributed by atoms with Gasteiger partial charge >= 0.3 is 0 Å². The summed E-state index contributed by atoms with van der Waals surface area (Å²) in [6.07, 6.45) is 0. The molecule has 2 aromatic rings. The number of nitrogens with one attached hydrogen (secondary N) is 1. The molecule has 0 aliphatic carbocycles. The number of ether oxygens (including phenoxy) is 1. The third-order valence-corrected chi connectivity index (χ3v) is 3.54. The van der Waals surface area contributed by atoms with E-state index in [1.165, 1.54) is 0 Å². The number of nitrogens with zero attached hydrogens (tertiary/aromatic N) is 1. The van der Waals surface area contributed by atoms with Gasteiger partial charge in [0, 0.05) is 6.54 Å². The molecule has 2 aromatic carbocycles. The highest BCUT2D eigenvalue weighted by Crippen LogP contribution is 2.16. The fourth-order valence-electron chi connectivity index (χ4n) is 2.38. The van der Waals surface area contributed by atoms with Gasteiger partial charge in [-0.1, -0.05) is 48.5 Å². The Bertz CT molecular complexity index is 626. The third kappa shape index (κ3) is 5.42. The first-order valence-corrected chi connectivity index (χ1v) is 7.73. The number of aryl methyl sites for hydroxylation is 1. The molecule has 0 saturated carbocycles. The second-order valence-corrected chi connectivity index (χ2v) is 5.85. The summed E-state index contributed by atoms with van der Waals surface area (Å²) in [7, 11) is 3.98. The van der Waals surface area contributed by atoms with E-state index < -0.39 is 0 Å². The molecule has 2 rings (SSSR count). The van der Waals surface area contributed by atoms with Crippen molar-refractivity contribution in [3.8, 4) is 5.75 Å². The molecule has 0 heterocycles. The average molecular weight is 312 g/mol. The van der Waals surface area contributed by atoms with E-state index in [0.717, 1.165) is 23.4 Å². The van der Waals surface area contributed by atoms with Crippen molar-refractivity contribution in [3.63, 3.8) is 0 Å². The lowest BCUT2D eigenvalue weighted by Gasteiger charge is -2.23. The van der Waals surface area contributed by atoms with Crippen LogP contribution in [0.5, 0.6) is 5.75 Å². The minimum atomic E-state index is -0.121. The van der Waals surface area contributed by atoms with Crippen molar-refractivity contribution in [2.24, 2.45) is 0 Å². The van der Waals surface area contributed by atoms with Crippen LogP contribution in [0, 0.1) is 6.92 Å². The second kappa shape index (κ2) is 8.34. The SMILES string of the molecule is Cc1ccccc1OCC(=O)N[C@@H](CN(C)C)c1ccccc1. The number of benzene rings is 2. The second-order valence-electron chi connectivity index (χ2n) is 5.85. The molecule has 4 nitrogen and oxygen atoms in total. The van der Waals surface area contributed by atoms with Crippen LogP contribution < -0.4 is 10.1 Å². The molecule has 122 valence electrons. The summed E-state index contributed by atoms with van der Waals surface area (Å²) in [5, 5.41) is 3.05. The van der Waals surface area contributed by atoms with Crippen LogP contribution in [-0.2, 0) is 4.79 Å². The lowest BCUT2D eigenvalue weighted by Crippen LogP contribution is -2.37. The highest BCUT2D eigenvalue weighted by Gasteiger charge is 2.15. The van der Waals surface area contributed by atoms with E-state index in [0.29, 0.717) is 0 Å². The van der Waals surface area contributed by atoms with Gasteiger partial charge < -0.3 is 15.0 Å². The van der Waals surface area contributed by atoms with E-state index >= 15 is 0 Å². The summed E-state index contributed by atoms with van der Waals surface area (Å²) in [6.45, 7) is 2.72. The molecule has 1 atom stereocenters. The van der Waals surface area contributed by atoms with E-state index in [1.807, 2.05) is 75.6 Å². The molecule has 0 fully saturated rings. The number of para-hydroxylation sites is 1. The number of hydrogen-bond donors (Lipinski definition) is 1. The van der Waals surface area contributed by atoms with E-state index in [-0.39, 0.29) is 18.6 Å². The standard InChI is InChI=1S/C19H24N2O2/c1-15-9-7-8-12-18(15)23-14-19(22)20-17(13-21(2)3)16-10-5-4-6-11-16/h4-12,17H,13-14H2,1-3H3,(H,20,22)/t17-/m0/s1. The van der Waals surface area contributed by atoms with Crippen molar-refractivity contribution < 1.29 is 9.53 Å². The Morgan fingerprint density at radius 1 is 1.09 bits per heavy atom. The Hall–Kier alpha value is -2.33. The van der Waals surface area contributed by atoms with Crippen LogP contribution in [0.4, 0.5) is 0 Å². The van der Waals surface area contributed by atoms with Crippen molar-refractivity contribution in [1.29, 1.82) is 0 Å². The van der Waals surface area contributed by atoms with Gasteiger partial charge in [-0.25, -0.2) is 0 Å². The predicted octanol–water partition coefficient (Wildman–Crippen LogP) is 2.79. The highest BCUT2D eigenvalue weighted by molar-refractivity contribution is 5.78. The summed E-state index contributed by atoms with van der Waals surface area (Å²) >= 11 is 0. The van der Waals surface area contributed by atoms with Crippen LogP contribution >= 0.6 is 0 Å². The maximum Gasteiger partial charge on any atom is 0.258 e. The van der Waals surface area contributed by atoms with Gasteiger partial charge in [-0.15, -0.1) is 0 Å². The van der Waals surface area contributed by atoms with Crippen molar-refractivity contribution in [2.45, 2.75) is 13.0 Å². The first kappa shape index (κ1) is 17.0. The van der Waals surface area contributed by atoms with Crippen molar-refractivity contribution in [3.05, 3.63) is 65.7 Å². The van der Waals surface area contributed by atoms with E-state index in [1.54, 1.807) is 0 Å².